The van der Waals surface area contributed by atoms with Crippen LogP contribution in [0.4, 0.5) is 0 Å². The second-order valence-electron chi connectivity index (χ2n) is 4.67. The maximum absolute atomic E-state index is 4.41. The molecular formula is C18H19N. The molecule has 1 aromatic carbocycles. The van der Waals surface area contributed by atoms with Gasteiger partial charge in [0.05, 0.1) is 0 Å². The molecule has 0 atom stereocenters. The van der Waals surface area contributed by atoms with Gasteiger partial charge in [-0.3, -0.25) is 0 Å². The van der Waals surface area contributed by atoms with E-state index in [0.717, 1.165) is 23.4 Å². The lowest BCUT2D eigenvalue weighted by molar-refractivity contribution is 0.794. The number of aromatic nitrogens is 1. The van der Waals surface area contributed by atoms with Gasteiger partial charge >= 0.3 is 0 Å². The summed E-state index contributed by atoms with van der Waals surface area (Å²) in [4.78, 5) is 4.41. The van der Waals surface area contributed by atoms with E-state index in [-0.39, 0.29) is 0 Å². The topological polar surface area (TPSA) is 12.9 Å². The highest BCUT2D eigenvalue weighted by molar-refractivity contribution is 5.45. The second kappa shape index (κ2) is 6.75. The van der Waals surface area contributed by atoms with Crippen molar-refractivity contribution < 1.29 is 0 Å². The summed E-state index contributed by atoms with van der Waals surface area (Å²) >= 11 is 0. The zero-order valence-corrected chi connectivity index (χ0v) is 11.6. The van der Waals surface area contributed by atoms with Crippen LogP contribution in [0.15, 0.2) is 42.5 Å². The van der Waals surface area contributed by atoms with E-state index >= 15 is 0 Å². The zero-order valence-electron chi connectivity index (χ0n) is 11.6. The van der Waals surface area contributed by atoms with Gasteiger partial charge in [-0.2, -0.15) is 0 Å². The maximum atomic E-state index is 4.41. The van der Waals surface area contributed by atoms with Gasteiger partial charge in [-0.25, -0.2) is 4.98 Å². The molecule has 0 amide bonds. The average molecular weight is 249 g/mol. The van der Waals surface area contributed by atoms with E-state index in [9.17, 15) is 0 Å². The van der Waals surface area contributed by atoms with E-state index in [1.165, 1.54) is 18.4 Å². The number of unbranched alkanes of at least 4 members (excludes halogenated alkanes) is 1. The fraction of sp³-hybridized carbons (Fsp3) is 0.278. The first kappa shape index (κ1) is 13.4. The zero-order chi connectivity index (χ0) is 13.5. The van der Waals surface area contributed by atoms with Crippen LogP contribution in [0, 0.1) is 18.8 Å². The van der Waals surface area contributed by atoms with Crippen LogP contribution in [0.3, 0.4) is 0 Å². The Morgan fingerprint density at radius 2 is 1.84 bits per heavy atom. The summed E-state index contributed by atoms with van der Waals surface area (Å²) in [5.41, 5.74) is 4.31. The van der Waals surface area contributed by atoms with Crippen LogP contribution in [0.2, 0.25) is 0 Å². The summed E-state index contributed by atoms with van der Waals surface area (Å²) in [6, 6.07) is 14.3. The van der Waals surface area contributed by atoms with Gasteiger partial charge in [-0.15, -0.1) is 0 Å². The molecule has 2 aromatic rings. The Hall–Kier alpha value is -2.07. The molecule has 0 spiro atoms. The number of hydrogen-bond acceptors (Lipinski definition) is 1. The predicted octanol–water partition coefficient (Wildman–Crippen LogP) is 4.13. The van der Waals surface area contributed by atoms with E-state index < -0.39 is 0 Å². The third-order valence-electron chi connectivity index (χ3n) is 3.03. The van der Waals surface area contributed by atoms with Crippen LogP contribution in [0.25, 0.3) is 0 Å². The third kappa shape index (κ3) is 3.96. The standard InChI is InChI=1S/C18H19N/c1-3-4-9-16-10-5-6-11-17(16)13-14-18-12-7-8-15(2)19-18/h5-8,10-12H,3-4,9H2,1-2H3. The largest absolute Gasteiger partial charge is 0.245 e. The molecule has 19 heavy (non-hydrogen) atoms. The molecule has 0 saturated carbocycles. The molecule has 0 aliphatic carbocycles. The lowest BCUT2D eigenvalue weighted by Crippen LogP contribution is -1.90. The first-order valence-corrected chi connectivity index (χ1v) is 6.83. The summed E-state index contributed by atoms with van der Waals surface area (Å²) in [5, 5.41) is 0. The molecule has 1 nitrogen and oxygen atoms in total. The van der Waals surface area contributed by atoms with Crippen molar-refractivity contribution in [1.29, 1.82) is 0 Å². The van der Waals surface area contributed by atoms with Crippen molar-refractivity contribution in [3.63, 3.8) is 0 Å². The SMILES string of the molecule is CCCCc1ccccc1C#Cc1cccc(C)n1. The van der Waals surface area contributed by atoms with Crippen LogP contribution in [-0.2, 0) is 6.42 Å². The van der Waals surface area contributed by atoms with E-state index in [1.807, 2.05) is 31.2 Å². The highest BCUT2D eigenvalue weighted by Gasteiger charge is 1.98. The summed E-state index contributed by atoms with van der Waals surface area (Å²) in [7, 11) is 0. The molecule has 0 aliphatic rings. The highest BCUT2D eigenvalue weighted by atomic mass is 14.7. The van der Waals surface area contributed by atoms with E-state index in [0.29, 0.717) is 0 Å². The van der Waals surface area contributed by atoms with Crippen LogP contribution in [0.1, 0.15) is 42.3 Å². The fourth-order valence-electron chi connectivity index (χ4n) is 1.97. The number of rotatable bonds is 3. The summed E-state index contributed by atoms with van der Waals surface area (Å²) in [6.07, 6.45) is 3.52. The van der Waals surface area contributed by atoms with Crippen LogP contribution < -0.4 is 0 Å². The molecule has 0 radical (unpaired) electrons. The van der Waals surface area contributed by atoms with Gasteiger partial charge in [0.25, 0.3) is 0 Å². The van der Waals surface area contributed by atoms with Crippen molar-refractivity contribution in [2.45, 2.75) is 33.1 Å². The van der Waals surface area contributed by atoms with Gasteiger partial charge in [-0.1, -0.05) is 43.5 Å². The minimum atomic E-state index is 0.838. The van der Waals surface area contributed by atoms with Gasteiger partial charge < -0.3 is 0 Å². The number of nitrogens with zero attached hydrogens (tertiary/aromatic N) is 1. The molecule has 0 aliphatic heterocycles. The lowest BCUT2D eigenvalue weighted by Gasteiger charge is -2.02. The van der Waals surface area contributed by atoms with Crippen molar-refractivity contribution >= 4 is 0 Å². The van der Waals surface area contributed by atoms with Gasteiger partial charge in [-0.05, 0) is 49.4 Å². The molecular weight excluding hydrogens is 230 g/mol. The number of pyridine rings is 1. The predicted molar refractivity (Wildman–Crippen MR) is 80.0 cm³/mol. The molecule has 0 N–H and O–H groups in total. The third-order valence-corrected chi connectivity index (χ3v) is 3.03. The van der Waals surface area contributed by atoms with Crippen LogP contribution in [-0.4, -0.2) is 4.98 Å². The molecule has 96 valence electrons. The number of aryl methyl sites for hydroxylation is 2. The lowest BCUT2D eigenvalue weighted by atomic mass is 10.0. The Balaban J connectivity index is 2.24. The Bertz CT molecular complexity index is 602. The molecule has 1 heterocycles. The molecule has 0 saturated heterocycles. The fourth-order valence-corrected chi connectivity index (χ4v) is 1.97. The molecule has 0 bridgehead atoms. The number of benzene rings is 1. The van der Waals surface area contributed by atoms with Crippen molar-refractivity contribution in [3.8, 4) is 11.8 Å². The van der Waals surface area contributed by atoms with Crippen LogP contribution in [0.5, 0.6) is 0 Å². The summed E-state index contributed by atoms with van der Waals surface area (Å²) in [6.45, 7) is 4.20. The van der Waals surface area contributed by atoms with Crippen molar-refractivity contribution in [2.75, 3.05) is 0 Å². The van der Waals surface area contributed by atoms with E-state index in [2.05, 4.69) is 41.9 Å². The highest BCUT2D eigenvalue weighted by Crippen LogP contribution is 2.11. The minimum absolute atomic E-state index is 0.838. The number of hydrogen-bond donors (Lipinski definition) is 0. The Kier molecular flexibility index (Phi) is 4.75. The van der Waals surface area contributed by atoms with Gasteiger partial charge in [0.1, 0.15) is 5.69 Å². The monoisotopic (exact) mass is 249 g/mol. The summed E-state index contributed by atoms with van der Waals surface area (Å²) in [5.74, 6) is 6.41. The first-order chi connectivity index (χ1) is 9.29. The quantitative estimate of drug-likeness (QED) is 0.745. The first-order valence-electron chi connectivity index (χ1n) is 6.83. The minimum Gasteiger partial charge on any atom is -0.245 e. The molecule has 1 heteroatoms. The van der Waals surface area contributed by atoms with Crippen molar-refractivity contribution in [2.24, 2.45) is 0 Å². The maximum Gasteiger partial charge on any atom is 0.113 e. The van der Waals surface area contributed by atoms with Gasteiger partial charge in [0, 0.05) is 11.3 Å². The van der Waals surface area contributed by atoms with Gasteiger partial charge in [0.15, 0.2) is 0 Å². The Labute approximate surface area is 115 Å². The van der Waals surface area contributed by atoms with Crippen molar-refractivity contribution in [1.82, 2.24) is 4.98 Å². The van der Waals surface area contributed by atoms with Crippen molar-refractivity contribution in [3.05, 3.63) is 65.0 Å². The van der Waals surface area contributed by atoms with Crippen LogP contribution >= 0.6 is 0 Å². The molecule has 2 rings (SSSR count). The van der Waals surface area contributed by atoms with Gasteiger partial charge in [0.2, 0.25) is 0 Å². The average Bonchev–Trinajstić information content (AvgIpc) is 2.44. The van der Waals surface area contributed by atoms with E-state index in [1.54, 1.807) is 0 Å². The summed E-state index contributed by atoms with van der Waals surface area (Å²) < 4.78 is 0. The smallest absolute Gasteiger partial charge is 0.113 e. The molecule has 0 unspecified atom stereocenters. The Morgan fingerprint density at radius 1 is 1.00 bits per heavy atom. The molecule has 0 fully saturated rings. The Morgan fingerprint density at radius 3 is 2.63 bits per heavy atom. The second-order valence-corrected chi connectivity index (χ2v) is 4.67. The van der Waals surface area contributed by atoms with E-state index in [4.69, 9.17) is 0 Å². The molecule has 1 aromatic heterocycles. The normalized spacial score (nSPS) is 9.79.